The summed E-state index contributed by atoms with van der Waals surface area (Å²) >= 11 is 0. The zero-order valence-electron chi connectivity index (χ0n) is 17.5. The largest absolute Gasteiger partial charge is 0.321 e. The Morgan fingerprint density at radius 3 is 2.45 bits per heavy atom. The van der Waals surface area contributed by atoms with Gasteiger partial charge in [0.05, 0.1) is 17.4 Å². The highest BCUT2D eigenvalue weighted by molar-refractivity contribution is 5.91. The van der Waals surface area contributed by atoms with Gasteiger partial charge in [-0.15, -0.1) is 0 Å². The van der Waals surface area contributed by atoms with Crippen LogP contribution in [0.15, 0.2) is 53.3 Å². The van der Waals surface area contributed by atoms with Gasteiger partial charge in [0, 0.05) is 5.69 Å². The molecule has 0 spiro atoms. The number of carbonyl (C=O) groups is 1. The van der Waals surface area contributed by atoms with Gasteiger partial charge < -0.3 is 15.2 Å². The minimum absolute atomic E-state index is 0.0616. The first-order valence-electron chi connectivity index (χ1n) is 9.98. The molecule has 1 amide bonds. The molecule has 3 N–H and O–H groups in total. The van der Waals surface area contributed by atoms with Gasteiger partial charge in [-0.2, -0.15) is 0 Å². The Bertz CT molecular complexity index is 1050. The maximum absolute atomic E-state index is 12.5. The van der Waals surface area contributed by atoms with E-state index in [0.717, 1.165) is 17.1 Å². The van der Waals surface area contributed by atoms with Crippen LogP contribution in [0.1, 0.15) is 39.1 Å². The minimum atomic E-state index is -0.149. The fraction of sp³-hybridized carbons (Fsp3) is 0.348. The van der Waals surface area contributed by atoms with Crippen LogP contribution in [0.25, 0.3) is 10.9 Å². The van der Waals surface area contributed by atoms with E-state index in [2.05, 4.69) is 36.1 Å². The lowest BCUT2D eigenvalue weighted by Gasteiger charge is -2.19. The molecule has 0 aliphatic rings. The molecule has 3 rings (SSSR count). The molecule has 0 fully saturated rings. The maximum atomic E-state index is 12.5. The lowest BCUT2D eigenvalue weighted by atomic mass is 9.87. The van der Waals surface area contributed by atoms with Crippen molar-refractivity contribution in [3.05, 3.63) is 70.3 Å². The first-order valence-corrected chi connectivity index (χ1v) is 9.98. The summed E-state index contributed by atoms with van der Waals surface area (Å²) in [6.07, 6.45) is 0. The van der Waals surface area contributed by atoms with Crippen molar-refractivity contribution in [2.45, 2.75) is 39.7 Å². The van der Waals surface area contributed by atoms with Crippen LogP contribution in [0.4, 0.5) is 5.69 Å². The molecule has 1 aromatic heterocycles. The monoisotopic (exact) mass is 393 g/mol. The van der Waals surface area contributed by atoms with E-state index >= 15 is 0 Å². The van der Waals surface area contributed by atoms with Crippen molar-refractivity contribution in [1.82, 2.24) is 9.97 Å². The number of H-pyrrole nitrogens is 1. The molecular formula is C23H29N4O2+. The molecule has 6 nitrogen and oxygen atoms in total. The Morgan fingerprint density at radius 1 is 1.10 bits per heavy atom. The van der Waals surface area contributed by atoms with E-state index in [0.29, 0.717) is 29.8 Å². The molecule has 3 aromatic rings. The smallest absolute Gasteiger partial charge is 0.279 e. The Balaban J connectivity index is 1.65. The number of fused-ring (bicyclic) bond motifs is 1. The highest BCUT2D eigenvalue weighted by atomic mass is 16.2. The summed E-state index contributed by atoms with van der Waals surface area (Å²) in [5.41, 5.74) is 2.61. The predicted octanol–water partition coefficient (Wildman–Crippen LogP) is 2.26. The zero-order valence-corrected chi connectivity index (χ0v) is 17.5. The molecule has 2 aromatic carbocycles. The number of nitrogens with one attached hydrogen (secondary N) is 3. The quantitative estimate of drug-likeness (QED) is 0.601. The summed E-state index contributed by atoms with van der Waals surface area (Å²) in [6, 6.07) is 15.2. The van der Waals surface area contributed by atoms with E-state index in [1.165, 1.54) is 5.56 Å². The van der Waals surface area contributed by atoms with Gasteiger partial charge in [0.25, 0.3) is 11.5 Å². The third-order valence-electron chi connectivity index (χ3n) is 5.02. The summed E-state index contributed by atoms with van der Waals surface area (Å²) in [4.78, 5) is 33.2. The summed E-state index contributed by atoms with van der Waals surface area (Å²) in [7, 11) is 0. The van der Waals surface area contributed by atoms with Crippen LogP contribution in [-0.2, 0) is 16.8 Å². The fourth-order valence-electron chi connectivity index (χ4n) is 3.25. The number of amides is 1. The Morgan fingerprint density at radius 2 is 1.79 bits per heavy atom. The Kier molecular flexibility index (Phi) is 6.13. The van der Waals surface area contributed by atoms with E-state index in [4.69, 9.17) is 0 Å². The Hall–Kier alpha value is -2.99. The third-order valence-corrected chi connectivity index (χ3v) is 5.02. The van der Waals surface area contributed by atoms with Crippen molar-refractivity contribution in [3.63, 3.8) is 0 Å². The maximum Gasteiger partial charge on any atom is 0.279 e. The molecule has 1 atom stereocenters. The fourth-order valence-corrected chi connectivity index (χ4v) is 3.25. The van der Waals surface area contributed by atoms with Crippen LogP contribution >= 0.6 is 0 Å². The predicted molar refractivity (Wildman–Crippen MR) is 116 cm³/mol. The Labute approximate surface area is 171 Å². The number of aromatic amines is 1. The standard InChI is InChI=1S/C23H28N4O2/c1-5-27(14-20-25-19-9-7-6-8-18(19)22(29)26-20)15-21(28)24-17-12-10-16(11-13-17)23(2,3)4/h6-13H,5,14-15H2,1-4H3,(H,24,28)(H,25,26,29)/p+1. The third kappa shape index (κ3) is 5.29. The van der Waals surface area contributed by atoms with Gasteiger partial charge in [-0.05, 0) is 42.2 Å². The molecule has 0 saturated carbocycles. The average Bonchev–Trinajstić information content (AvgIpc) is 2.67. The number of rotatable bonds is 6. The van der Waals surface area contributed by atoms with Crippen LogP contribution < -0.4 is 15.8 Å². The van der Waals surface area contributed by atoms with E-state index in [9.17, 15) is 9.59 Å². The van der Waals surface area contributed by atoms with Crippen LogP contribution in [0, 0.1) is 0 Å². The van der Waals surface area contributed by atoms with Crippen molar-refractivity contribution in [1.29, 1.82) is 0 Å². The number of hydrogen-bond acceptors (Lipinski definition) is 3. The topological polar surface area (TPSA) is 79.3 Å². The molecule has 0 saturated heterocycles. The number of quaternary nitrogens is 1. The molecule has 0 bridgehead atoms. The van der Waals surface area contributed by atoms with Crippen LogP contribution in [0.2, 0.25) is 0 Å². The summed E-state index contributed by atoms with van der Waals surface area (Å²) < 4.78 is 0. The molecule has 0 aliphatic carbocycles. The van der Waals surface area contributed by atoms with Gasteiger partial charge in [0.2, 0.25) is 0 Å². The van der Waals surface area contributed by atoms with Crippen molar-refractivity contribution >= 4 is 22.5 Å². The van der Waals surface area contributed by atoms with E-state index in [1.54, 1.807) is 6.07 Å². The molecule has 29 heavy (non-hydrogen) atoms. The van der Waals surface area contributed by atoms with Crippen molar-refractivity contribution in [2.75, 3.05) is 18.4 Å². The minimum Gasteiger partial charge on any atom is -0.321 e. The average molecular weight is 394 g/mol. The molecule has 0 aliphatic heterocycles. The number of anilines is 1. The second-order valence-electron chi connectivity index (χ2n) is 8.36. The van der Waals surface area contributed by atoms with Gasteiger partial charge in [-0.3, -0.25) is 9.59 Å². The first kappa shape index (κ1) is 20.7. The van der Waals surface area contributed by atoms with Gasteiger partial charge in [0.1, 0.15) is 6.54 Å². The molecule has 152 valence electrons. The van der Waals surface area contributed by atoms with Crippen LogP contribution in [0.5, 0.6) is 0 Å². The number of benzene rings is 2. The van der Waals surface area contributed by atoms with Gasteiger partial charge in [-0.25, -0.2) is 4.98 Å². The number of likely N-dealkylation sites (N-methyl/N-ethyl adjacent to an activating group) is 1. The van der Waals surface area contributed by atoms with E-state index in [1.807, 2.05) is 49.4 Å². The number of para-hydroxylation sites is 1. The molecule has 1 unspecified atom stereocenters. The number of carbonyl (C=O) groups excluding carboxylic acids is 1. The van der Waals surface area contributed by atoms with Gasteiger partial charge in [-0.1, -0.05) is 45.0 Å². The van der Waals surface area contributed by atoms with Crippen LogP contribution in [-0.4, -0.2) is 29.0 Å². The van der Waals surface area contributed by atoms with Gasteiger partial charge >= 0.3 is 0 Å². The van der Waals surface area contributed by atoms with Crippen LogP contribution in [0.3, 0.4) is 0 Å². The highest BCUT2D eigenvalue weighted by Crippen LogP contribution is 2.23. The van der Waals surface area contributed by atoms with Crippen molar-refractivity contribution in [2.24, 2.45) is 0 Å². The van der Waals surface area contributed by atoms with E-state index in [-0.39, 0.29) is 16.9 Å². The van der Waals surface area contributed by atoms with Crippen molar-refractivity contribution in [3.8, 4) is 0 Å². The number of nitrogens with zero attached hydrogens (tertiary/aromatic N) is 1. The molecule has 6 heteroatoms. The SMILES string of the molecule is CC[NH+](CC(=O)Nc1ccc(C(C)(C)C)cc1)Cc1nc2ccccc2c(=O)[nH]1. The summed E-state index contributed by atoms with van der Waals surface area (Å²) in [6.45, 7) is 10.0. The highest BCUT2D eigenvalue weighted by Gasteiger charge is 2.17. The zero-order chi connectivity index (χ0) is 21.0. The molecule has 1 heterocycles. The van der Waals surface area contributed by atoms with Gasteiger partial charge in [0.15, 0.2) is 12.4 Å². The second-order valence-corrected chi connectivity index (χ2v) is 8.36. The normalized spacial score (nSPS) is 12.7. The number of hydrogen-bond donors (Lipinski definition) is 3. The lowest BCUT2D eigenvalue weighted by Crippen LogP contribution is -3.11. The summed E-state index contributed by atoms with van der Waals surface area (Å²) in [5.74, 6) is 0.529. The molecule has 0 radical (unpaired) electrons. The van der Waals surface area contributed by atoms with E-state index < -0.39 is 0 Å². The summed E-state index contributed by atoms with van der Waals surface area (Å²) in [5, 5.41) is 3.53. The van der Waals surface area contributed by atoms with Crippen molar-refractivity contribution < 1.29 is 9.69 Å². The second kappa shape index (κ2) is 8.57. The number of aromatic nitrogens is 2. The first-order chi connectivity index (χ1) is 13.8. The lowest BCUT2D eigenvalue weighted by molar-refractivity contribution is -0.904. The molecular weight excluding hydrogens is 364 g/mol.